The van der Waals surface area contributed by atoms with E-state index in [0.717, 1.165) is 45.2 Å². The molecule has 5 nitrogen and oxygen atoms in total. The molecule has 2 amide bonds. The van der Waals surface area contributed by atoms with E-state index in [2.05, 4.69) is 12.2 Å². The third-order valence-electron chi connectivity index (χ3n) is 3.76. The number of hydrogen-bond donors (Lipinski definition) is 2. The van der Waals surface area contributed by atoms with Crippen molar-refractivity contribution in [3.8, 4) is 0 Å². The first-order valence-electron chi connectivity index (χ1n) is 7.36. The number of aliphatic hydroxyl groups excluding tert-OH is 1. The number of nitrogens with one attached hydrogen (secondary N) is 1. The Morgan fingerprint density at radius 1 is 1.47 bits per heavy atom. The van der Waals surface area contributed by atoms with Gasteiger partial charge in [0.2, 0.25) is 0 Å². The van der Waals surface area contributed by atoms with E-state index in [9.17, 15) is 4.79 Å². The molecule has 0 bridgehead atoms. The summed E-state index contributed by atoms with van der Waals surface area (Å²) in [6, 6.07) is 0.113. The zero-order chi connectivity index (χ0) is 14.1. The lowest BCUT2D eigenvalue weighted by molar-refractivity contribution is 0.125. The number of ether oxygens (including phenoxy) is 1. The predicted molar refractivity (Wildman–Crippen MR) is 75.1 cm³/mol. The van der Waals surface area contributed by atoms with Crippen LogP contribution in [-0.2, 0) is 4.74 Å². The number of nitrogens with zero attached hydrogens (tertiary/aromatic N) is 1. The lowest BCUT2D eigenvalue weighted by atomic mass is 9.98. The SMILES string of the molecule is CCCCC(COC)NC(=O)N1CCC(CO)CC1. The van der Waals surface area contributed by atoms with Gasteiger partial charge in [-0.1, -0.05) is 19.8 Å². The van der Waals surface area contributed by atoms with Gasteiger partial charge < -0.3 is 20.1 Å². The Balaban J connectivity index is 2.34. The van der Waals surface area contributed by atoms with Gasteiger partial charge in [-0.3, -0.25) is 0 Å². The van der Waals surface area contributed by atoms with Crippen molar-refractivity contribution in [2.75, 3.05) is 33.4 Å². The van der Waals surface area contributed by atoms with E-state index in [1.54, 1.807) is 7.11 Å². The number of aliphatic hydroxyl groups is 1. The van der Waals surface area contributed by atoms with Crippen LogP contribution in [0.4, 0.5) is 4.79 Å². The van der Waals surface area contributed by atoms with Gasteiger partial charge in [-0.2, -0.15) is 0 Å². The summed E-state index contributed by atoms with van der Waals surface area (Å²) in [7, 11) is 1.66. The zero-order valence-corrected chi connectivity index (χ0v) is 12.2. The molecule has 1 fully saturated rings. The van der Waals surface area contributed by atoms with E-state index >= 15 is 0 Å². The van der Waals surface area contributed by atoms with Crippen molar-refractivity contribution < 1.29 is 14.6 Å². The predicted octanol–water partition coefficient (Wildman–Crippen LogP) is 1.61. The molecule has 1 saturated heterocycles. The Bertz CT molecular complexity index is 253. The molecule has 1 unspecified atom stereocenters. The summed E-state index contributed by atoms with van der Waals surface area (Å²) < 4.78 is 5.16. The van der Waals surface area contributed by atoms with E-state index in [-0.39, 0.29) is 18.7 Å². The second kappa shape index (κ2) is 9.15. The summed E-state index contributed by atoms with van der Waals surface area (Å²) in [5, 5.41) is 12.1. The largest absolute Gasteiger partial charge is 0.396 e. The molecule has 19 heavy (non-hydrogen) atoms. The van der Waals surface area contributed by atoms with Crippen molar-refractivity contribution in [2.45, 2.75) is 45.1 Å². The van der Waals surface area contributed by atoms with Gasteiger partial charge in [-0.05, 0) is 25.2 Å². The second-order valence-corrected chi connectivity index (χ2v) is 5.36. The molecule has 0 spiro atoms. The molecular weight excluding hydrogens is 244 g/mol. The minimum absolute atomic E-state index is 0.00884. The molecule has 0 radical (unpaired) electrons. The molecule has 0 saturated carbocycles. The Labute approximate surface area is 116 Å². The maximum absolute atomic E-state index is 12.1. The molecular formula is C14H28N2O3. The fourth-order valence-electron chi connectivity index (χ4n) is 2.43. The van der Waals surface area contributed by atoms with E-state index in [1.165, 1.54) is 0 Å². The Morgan fingerprint density at radius 3 is 2.68 bits per heavy atom. The number of piperidine rings is 1. The number of hydrogen-bond acceptors (Lipinski definition) is 3. The molecule has 112 valence electrons. The van der Waals surface area contributed by atoms with E-state index < -0.39 is 0 Å². The number of carbonyl (C=O) groups is 1. The van der Waals surface area contributed by atoms with Crippen LogP contribution in [0.25, 0.3) is 0 Å². The van der Waals surface area contributed by atoms with Crippen molar-refractivity contribution in [1.82, 2.24) is 10.2 Å². The van der Waals surface area contributed by atoms with Crippen molar-refractivity contribution in [3.05, 3.63) is 0 Å². The number of likely N-dealkylation sites (tertiary alicyclic amines) is 1. The van der Waals surface area contributed by atoms with E-state index in [4.69, 9.17) is 9.84 Å². The lowest BCUT2D eigenvalue weighted by Crippen LogP contribution is -2.49. The highest BCUT2D eigenvalue weighted by Crippen LogP contribution is 2.16. The van der Waals surface area contributed by atoms with Gasteiger partial charge in [0.1, 0.15) is 0 Å². The lowest BCUT2D eigenvalue weighted by Gasteiger charge is -2.32. The molecule has 1 heterocycles. The third kappa shape index (κ3) is 5.78. The summed E-state index contributed by atoms with van der Waals surface area (Å²) in [4.78, 5) is 14.0. The van der Waals surface area contributed by atoms with E-state index in [0.29, 0.717) is 12.5 Å². The highest BCUT2D eigenvalue weighted by Gasteiger charge is 2.23. The fourth-order valence-corrected chi connectivity index (χ4v) is 2.43. The van der Waals surface area contributed by atoms with Crippen molar-refractivity contribution in [3.63, 3.8) is 0 Å². The summed E-state index contributed by atoms with van der Waals surface area (Å²) >= 11 is 0. The fraction of sp³-hybridized carbons (Fsp3) is 0.929. The molecule has 0 aliphatic carbocycles. The summed E-state index contributed by atoms with van der Waals surface area (Å²) in [6.45, 7) is 4.43. The highest BCUT2D eigenvalue weighted by molar-refractivity contribution is 5.74. The normalized spacial score (nSPS) is 18.4. The molecule has 2 N–H and O–H groups in total. The average molecular weight is 272 g/mol. The minimum atomic E-state index is 0.00884. The van der Waals surface area contributed by atoms with Gasteiger partial charge in [-0.25, -0.2) is 4.79 Å². The number of amides is 2. The Hall–Kier alpha value is -0.810. The molecule has 0 aromatic carbocycles. The van der Waals surface area contributed by atoms with Gasteiger partial charge in [0.25, 0.3) is 0 Å². The third-order valence-corrected chi connectivity index (χ3v) is 3.76. The molecule has 1 atom stereocenters. The van der Waals surface area contributed by atoms with Crippen LogP contribution in [0.1, 0.15) is 39.0 Å². The maximum Gasteiger partial charge on any atom is 0.317 e. The molecule has 1 aliphatic heterocycles. The van der Waals surface area contributed by atoms with Crippen LogP contribution < -0.4 is 5.32 Å². The first-order chi connectivity index (χ1) is 9.21. The average Bonchev–Trinajstić information content (AvgIpc) is 2.45. The van der Waals surface area contributed by atoms with E-state index in [1.807, 2.05) is 4.90 Å². The molecule has 1 rings (SSSR count). The van der Waals surface area contributed by atoms with Gasteiger partial charge >= 0.3 is 6.03 Å². The highest BCUT2D eigenvalue weighted by atomic mass is 16.5. The number of methoxy groups -OCH3 is 1. The van der Waals surface area contributed by atoms with Gasteiger partial charge in [0.05, 0.1) is 12.6 Å². The van der Waals surface area contributed by atoms with Gasteiger partial charge in [0, 0.05) is 26.8 Å². The smallest absolute Gasteiger partial charge is 0.317 e. The van der Waals surface area contributed by atoms with Crippen LogP contribution in [-0.4, -0.2) is 55.5 Å². The van der Waals surface area contributed by atoms with Crippen LogP contribution in [0.2, 0.25) is 0 Å². The maximum atomic E-state index is 12.1. The first-order valence-corrected chi connectivity index (χ1v) is 7.36. The summed E-state index contributed by atoms with van der Waals surface area (Å²) in [5.41, 5.74) is 0. The van der Waals surface area contributed by atoms with Crippen molar-refractivity contribution >= 4 is 6.03 Å². The zero-order valence-electron chi connectivity index (χ0n) is 12.2. The molecule has 0 aromatic rings. The number of carbonyl (C=O) groups excluding carboxylic acids is 1. The summed E-state index contributed by atoms with van der Waals surface area (Å²) in [5.74, 6) is 0.360. The second-order valence-electron chi connectivity index (χ2n) is 5.36. The number of unbranched alkanes of at least 4 members (excludes halogenated alkanes) is 1. The van der Waals surface area contributed by atoms with Crippen molar-refractivity contribution in [2.24, 2.45) is 5.92 Å². The molecule has 5 heteroatoms. The molecule has 1 aliphatic rings. The monoisotopic (exact) mass is 272 g/mol. The van der Waals surface area contributed by atoms with Gasteiger partial charge in [0.15, 0.2) is 0 Å². The van der Waals surface area contributed by atoms with Crippen LogP contribution in [0, 0.1) is 5.92 Å². The first kappa shape index (κ1) is 16.2. The molecule has 0 aromatic heterocycles. The quantitative estimate of drug-likeness (QED) is 0.740. The topological polar surface area (TPSA) is 61.8 Å². The summed E-state index contributed by atoms with van der Waals surface area (Å²) in [6.07, 6.45) is 4.98. The van der Waals surface area contributed by atoms with Crippen LogP contribution in [0.5, 0.6) is 0 Å². The standard InChI is InChI=1S/C14H28N2O3/c1-3-4-5-13(11-19-2)15-14(18)16-8-6-12(10-17)7-9-16/h12-13,17H,3-11H2,1-2H3,(H,15,18). The van der Waals surface area contributed by atoms with Crippen molar-refractivity contribution in [1.29, 1.82) is 0 Å². The van der Waals surface area contributed by atoms with Gasteiger partial charge in [-0.15, -0.1) is 0 Å². The number of rotatable bonds is 7. The number of urea groups is 1. The minimum Gasteiger partial charge on any atom is -0.396 e. The Morgan fingerprint density at radius 2 is 2.16 bits per heavy atom. The van der Waals surface area contributed by atoms with Crippen LogP contribution >= 0.6 is 0 Å². The van der Waals surface area contributed by atoms with Crippen LogP contribution in [0.3, 0.4) is 0 Å². The van der Waals surface area contributed by atoms with Crippen LogP contribution in [0.15, 0.2) is 0 Å². The Kier molecular flexibility index (Phi) is 7.82.